The summed E-state index contributed by atoms with van der Waals surface area (Å²) in [6.45, 7) is 0.349. The van der Waals surface area contributed by atoms with Crippen LogP contribution in [0.5, 0.6) is 17.2 Å². The Morgan fingerprint density at radius 1 is 1.17 bits per heavy atom. The second kappa shape index (κ2) is 9.37. The van der Waals surface area contributed by atoms with Gasteiger partial charge in [0.25, 0.3) is 0 Å². The molecule has 2 aromatic heterocycles. The van der Waals surface area contributed by atoms with E-state index < -0.39 is 0 Å². The average Bonchev–Trinajstić information content (AvgIpc) is 3.39. The third-order valence-corrected chi connectivity index (χ3v) is 5.15. The first-order valence-electron chi connectivity index (χ1n) is 8.69. The number of aromatic nitrogens is 3. The van der Waals surface area contributed by atoms with Gasteiger partial charge in [-0.25, -0.2) is 0 Å². The predicted octanol–water partition coefficient (Wildman–Crippen LogP) is 2.51. The highest BCUT2D eigenvalue weighted by molar-refractivity contribution is 7.99. The maximum atomic E-state index is 12.1. The number of carbonyl (C=O) groups is 1. The van der Waals surface area contributed by atoms with E-state index in [0.29, 0.717) is 40.5 Å². The lowest BCUT2D eigenvalue weighted by Gasteiger charge is -2.14. The van der Waals surface area contributed by atoms with Gasteiger partial charge in [-0.05, 0) is 24.3 Å². The number of ether oxygens (including phenoxy) is 3. The van der Waals surface area contributed by atoms with E-state index >= 15 is 0 Å². The second-order valence-corrected chi connectivity index (χ2v) is 6.87. The summed E-state index contributed by atoms with van der Waals surface area (Å²) in [6.07, 6.45) is 1.57. The van der Waals surface area contributed by atoms with Gasteiger partial charge in [0.15, 0.2) is 22.5 Å². The molecule has 1 amide bonds. The largest absolute Gasteiger partial charge is 0.493 e. The first-order chi connectivity index (χ1) is 14.1. The van der Waals surface area contributed by atoms with Gasteiger partial charge in [0.2, 0.25) is 11.7 Å². The van der Waals surface area contributed by atoms with Crippen molar-refractivity contribution < 1.29 is 23.4 Å². The van der Waals surface area contributed by atoms with Crippen molar-refractivity contribution in [3.8, 4) is 28.6 Å². The van der Waals surface area contributed by atoms with Crippen LogP contribution >= 0.6 is 11.8 Å². The van der Waals surface area contributed by atoms with E-state index in [2.05, 4.69) is 15.5 Å². The molecule has 0 aliphatic heterocycles. The van der Waals surface area contributed by atoms with Crippen molar-refractivity contribution in [1.29, 1.82) is 0 Å². The van der Waals surface area contributed by atoms with Crippen molar-refractivity contribution in [2.75, 3.05) is 27.1 Å². The molecule has 1 aromatic carbocycles. The van der Waals surface area contributed by atoms with E-state index in [0.717, 1.165) is 5.56 Å². The van der Waals surface area contributed by atoms with E-state index in [1.807, 2.05) is 11.6 Å². The Balaban J connectivity index is 1.71. The summed E-state index contributed by atoms with van der Waals surface area (Å²) >= 11 is 1.29. The molecule has 0 bridgehead atoms. The van der Waals surface area contributed by atoms with Crippen LogP contribution < -0.4 is 19.5 Å². The highest BCUT2D eigenvalue weighted by Gasteiger charge is 2.18. The molecule has 10 heteroatoms. The van der Waals surface area contributed by atoms with Crippen LogP contribution in [0.3, 0.4) is 0 Å². The first kappa shape index (κ1) is 20.6. The number of methoxy groups -OCH3 is 3. The van der Waals surface area contributed by atoms with Crippen molar-refractivity contribution >= 4 is 17.7 Å². The van der Waals surface area contributed by atoms with Gasteiger partial charge in [0.05, 0.1) is 39.9 Å². The molecule has 0 aliphatic rings. The lowest BCUT2D eigenvalue weighted by molar-refractivity contribution is -0.118. The molecular formula is C19H22N4O5S. The van der Waals surface area contributed by atoms with Crippen molar-refractivity contribution in [2.24, 2.45) is 7.05 Å². The molecular weight excluding hydrogens is 396 g/mol. The minimum atomic E-state index is -0.122. The molecule has 0 spiro atoms. The van der Waals surface area contributed by atoms with E-state index in [1.54, 1.807) is 51.9 Å². The third-order valence-electron chi connectivity index (χ3n) is 4.13. The van der Waals surface area contributed by atoms with Crippen LogP contribution in [0, 0.1) is 0 Å². The summed E-state index contributed by atoms with van der Waals surface area (Å²) in [5.41, 5.74) is 0.753. The van der Waals surface area contributed by atoms with Gasteiger partial charge in [-0.15, -0.1) is 10.2 Å². The van der Waals surface area contributed by atoms with E-state index in [1.165, 1.54) is 11.8 Å². The number of amides is 1. The molecule has 1 N–H and O–H groups in total. The number of rotatable bonds is 9. The topological polar surface area (TPSA) is 101 Å². The fourth-order valence-electron chi connectivity index (χ4n) is 2.68. The smallest absolute Gasteiger partial charge is 0.230 e. The van der Waals surface area contributed by atoms with Crippen LogP contribution in [0.15, 0.2) is 40.1 Å². The molecule has 0 fully saturated rings. The zero-order valence-corrected chi connectivity index (χ0v) is 17.4. The Kier molecular flexibility index (Phi) is 6.65. The summed E-state index contributed by atoms with van der Waals surface area (Å²) in [4.78, 5) is 12.1. The summed E-state index contributed by atoms with van der Waals surface area (Å²) in [5, 5.41) is 11.9. The molecule has 0 saturated carbocycles. The maximum absolute atomic E-state index is 12.1. The maximum Gasteiger partial charge on any atom is 0.230 e. The molecule has 0 radical (unpaired) electrons. The minimum Gasteiger partial charge on any atom is -0.493 e. The van der Waals surface area contributed by atoms with Crippen LogP contribution in [-0.4, -0.2) is 47.8 Å². The molecule has 0 saturated heterocycles. The van der Waals surface area contributed by atoms with Crippen LogP contribution in [0.1, 0.15) is 5.76 Å². The quantitative estimate of drug-likeness (QED) is 0.529. The van der Waals surface area contributed by atoms with E-state index in [9.17, 15) is 4.79 Å². The fraction of sp³-hybridized carbons (Fsp3) is 0.316. The van der Waals surface area contributed by atoms with Gasteiger partial charge in [0.1, 0.15) is 5.76 Å². The molecule has 3 rings (SSSR count). The van der Waals surface area contributed by atoms with Gasteiger partial charge in [-0.3, -0.25) is 4.79 Å². The Morgan fingerprint density at radius 2 is 1.90 bits per heavy atom. The molecule has 3 aromatic rings. The molecule has 0 atom stereocenters. The zero-order chi connectivity index (χ0) is 20.8. The van der Waals surface area contributed by atoms with Crippen LogP contribution in [0.25, 0.3) is 11.4 Å². The average molecular weight is 418 g/mol. The number of hydrogen-bond donors (Lipinski definition) is 1. The van der Waals surface area contributed by atoms with Crippen LogP contribution in [-0.2, 0) is 18.4 Å². The van der Waals surface area contributed by atoms with Gasteiger partial charge in [0, 0.05) is 12.6 Å². The van der Waals surface area contributed by atoms with Crippen LogP contribution in [0.4, 0.5) is 0 Å². The number of benzene rings is 1. The van der Waals surface area contributed by atoms with Gasteiger partial charge >= 0.3 is 0 Å². The Morgan fingerprint density at radius 3 is 2.48 bits per heavy atom. The number of hydrogen-bond acceptors (Lipinski definition) is 8. The highest BCUT2D eigenvalue weighted by atomic mass is 32.2. The standard InChI is InChI=1S/C19H22N4O5S/c1-23-18(12-8-14(25-2)17(27-4)15(9-12)26-3)21-22-19(23)29-11-16(24)20-10-13-6-5-7-28-13/h5-9H,10-11H2,1-4H3,(H,20,24). The first-order valence-corrected chi connectivity index (χ1v) is 9.67. The lowest BCUT2D eigenvalue weighted by atomic mass is 10.1. The van der Waals surface area contributed by atoms with Crippen molar-refractivity contribution in [3.05, 3.63) is 36.3 Å². The molecule has 154 valence electrons. The van der Waals surface area contributed by atoms with Crippen molar-refractivity contribution in [3.63, 3.8) is 0 Å². The summed E-state index contributed by atoms with van der Waals surface area (Å²) in [6, 6.07) is 7.19. The second-order valence-electron chi connectivity index (χ2n) is 5.92. The Labute approximate surface area is 172 Å². The fourth-order valence-corrected chi connectivity index (χ4v) is 3.42. The minimum absolute atomic E-state index is 0.122. The lowest BCUT2D eigenvalue weighted by Crippen LogP contribution is -2.24. The van der Waals surface area contributed by atoms with Gasteiger partial charge in [-0.2, -0.15) is 0 Å². The highest BCUT2D eigenvalue weighted by Crippen LogP contribution is 2.41. The summed E-state index contributed by atoms with van der Waals surface area (Å²) in [5.74, 6) is 2.96. The summed E-state index contributed by atoms with van der Waals surface area (Å²) in [7, 11) is 6.50. The number of carbonyl (C=O) groups excluding carboxylic acids is 1. The van der Waals surface area contributed by atoms with Gasteiger partial charge in [-0.1, -0.05) is 11.8 Å². The molecule has 0 aliphatic carbocycles. The Hall–Kier alpha value is -3.14. The number of nitrogens with zero attached hydrogens (tertiary/aromatic N) is 3. The molecule has 0 unspecified atom stereocenters. The number of thioether (sulfide) groups is 1. The number of furan rings is 1. The number of nitrogens with one attached hydrogen (secondary N) is 1. The zero-order valence-electron chi connectivity index (χ0n) is 16.6. The molecule has 9 nitrogen and oxygen atoms in total. The summed E-state index contributed by atoms with van der Waals surface area (Å²) < 4.78 is 23.1. The van der Waals surface area contributed by atoms with Gasteiger partial charge < -0.3 is 28.5 Å². The predicted molar refractivity (Wildman–Crippen MR) is 107 cm³/mol. The van der Waals surface area contributed by atoms with E-state index in [-0.39, 0.29) is 11.7 Å². The molecule has 2 heterocycles. The van der Waals surface area contributed by atoms with Crippen molar-refractivity contribution in [2.45, 2.75) is 11.7 Å². The van der Waals surface area contributed by atoms with Crippen molar-refractivity contribution in [1.82, 2.24) is 20.1 Å². The molecule has 29 heavy (non-hydrogen) atoms. The monoisotopic (exact) mass is 418 g/mol. The Bertz CT molecular complexity index is 946. The van der Waals surface area contributed by atoms with Crippen LogP contribution in [0.2, 0.25) is 0 Å². The SMILES string of the molecule is COc1cc(-c2nnc(SCC(=O)NCc3ccco3)n2C)cc(OC)c1OC. The van der Waals surface area contributed by atoms with E-state index in [4.69, 9.17) is 18.6 Å². The normalized spacial score (nSPS) is 10.6. The third kappa shape index (κ3) is 4.65.